The van der Waals surface area contributed by atoms with Crippen LogP contribution in [0.25, 0.3) is 11.0 Å². The molecule has 0 bridgehead atoms. The van der Waals surface area contributed by atoms with Crippen molar-refractivity contribution in [2.24, 2.45) is 7.05 Å². The largest absolute Gasteiger partial charge is 0.344 e. The molecule has 0 aliphatic rings. The lowest BCUT2D eigenvalue weighted by Gasteiger charge is -2.15. The number of hydrogen-bond acceptors (Lipinski definition) is 8. The second kappa shape index (κ2) is 9.11. The average molecular weight is 507 g/mol. The number of aryl methyl sites for hydroxylation is 2. The van der Waals surface area contributed by atoms with Gasteiger partial charge in [-0.2, -0.15) is 0 Å². The minimum absolute atomic E-state index is 0.165. The van der Waals surface area contributed by atoms with Crippen molar-refractivity contribution < 1.29 is 12.8 Å². The van der Waals surface area contributed by atoms with Crippen LogP contribution in [0.5, 0.6) is 0 Å². The van der Waals surface area contributed by atoms with E-state index in [2.05, 4.69) is 30.2 Å². The van der Waals surface area contributed by atoms with Crippen molar-refractivity contribution in [3.8, 4) is 0 Å². The van der Waals surface area contributed by atoms with E-state index in [0.29, 0.717) is 22.6 Å². The molecule has 1 aromatic carbocycles. The Bertz CT molecular complexity index is 1640. The van der Waals surface area contributed by atoms with Crippen molar-refractivity contribution in [1.29, 1.82) is 0 Å². The summed E-state index contributed by atoms with van der Waals surface area (Å²) in [7, 11) is -2.04. The van der Waals surface area contributed by atoms with Gasteiger partial charge in [-0.1, -0.05) is 17.7 Å². The molecule has 0 amide bonds. The molecule has 4 heterocycles. The van der Waals surface area contributed by atoms with Gasteiger partial charge in [-0.05, 0) is 32.0 Å². The summed E-state index contributed by atoms with van der Waals surface area (Å²) < 4.78 is 43.3. The van der Waals surface area contributed by atoms with Gasteiger partial charge in [0.1, 0.15) is 11.3 Å². The molecule has 36 heavy (non-hydrogen) atoms. The number of rotatable bonds is 7. The lowest BCUT2D eigenvalue weighted by atomic mass is 10.2. The number of fused-ring (bicyclic) bond motifs is 1. The van der Waals surface area contributed by atoms with Gasteiger partial charge in [0.25, 0.3) is 10.0 Å². The van der Waals surface area contributed by atoms with Gasteiger partial charge in [0.05, 0.1) is 46.6 Å². The molecule has 0 fully saturated rings. The Morgan fingerprint density at radius 3 is 2.44 bits per heavy atom. The summed E-state index contributed by atoms with van der Waals surface area (Å²) in [6.45, 7) is 3.69. The first-order chi connectivity index (χ1) is 17.2. The predicted octanol–water partition coefficient (Wildman–Crippen LogP) is 3.40. The molecule has 12 heteroatoms. The highest BCUT2D eigenvalue weighted by Gasteiger charge is 2.23. The van der Waals surface area contributed by atoms with Gasteiger partial charge in [0.15, 0.2) is 5.82 Å². The number of imidazole rings is 1. The average Bonchev–Trinajstić information content (AvgIpc) is 3.46. The summed E-state index contributed by atoms with van der Waals surface area (Å²) in [4.78, 5) is 21.8. The Labute approximate surface area is 207 Å². The fourth-order valence-electron chi connectivity index (χ4n) is 3.84. The third-order valence-electron chi connectivity index (χ3n) is 5.63. The maximum absolute atomic E-state index is 13.5. The van der Waals surface area contributed by atoms with Crippen LogP contribution in [-0.4, -0.2) is 41.9 Å². The number of anilines is 1. The van der Waals surface area contributed by atoms with Gasteiger partial charge in [0.2, 0.25) is 5.95 Å². The lowest BCUT2D eigenvalue weighted by Crippen LogP contribution is -2.16. The zero-order chi connectivity index (χ0) is 25.4. The Balaban J connectivity index is 1.60. The van der Waals surface area contributed by atoms with Gasteiger partial charge in [0, 0.05) is 25.9 Å². The molecule has 1 atom stereocenters. The highest BCUT2D eigenvalue weighted by Crippen LogP contribution is 2.27. The fraction of sp³-hybridized carbons (Fsp3) is 0.208. The molecule has 184 valence electrons. The molecule has 0 radical (unpaired) electrons. The Kier molecular flexibility index (Phi) is 5.96. The van der Waals surface area contributed by atoms with E-state index in [-0.39, 0.29) is 17.3 Å². The quantitative estimate of drug-likeness (QED) is 0.357. The van der Waals surface area contributed by atoms with Gasteiger partial charge in [-0.25, -0.2) is 41.7 Å². The van der Waals surface area contributed by atoms with Crippen LogP contribution in [0.4, 0.5) is 10.3 Å². The van der Waals surface area contributed by atoms with Gasteiger partial charge in [-0.3, -0.25) is 0 Å². The second-order valence-electron chi connectivity index (χ2n) is 8.49. The van der Waals surface area contributed by atoms with Crippen LogP contribution in [0.2, 0.25) is 0 Å². The van der Waals surface area contributed by atoms with E-state index >= 15 is 0 Å². The maximum atomic E-state index is 13.5. The minimum Gasteiger partial charge on any atom is -0.344 e. The minimum atomic E-state index is -3.90. The normalized spacial score (nSPS) is 12.7. The molecule has 0 aliphatic heterocycles. The zero-order valence-corrected chi connectivity index (χ0v) is 20.6. The number of nitrogens with zero attached hydrogens (tertiary/aromatic N) is 7. The van der Waals surface area contributed by atoms with Crippen molar-refractivity contribution in [2.45, 2.75) is 31.2 Å². The second-order valence-corrected chi connectivity index (χ2v) is 10.3. The SMILES string of the molecule is Cc1ccc(S(=O)(=O)n2ccc3nc(N[C@@H](C)c4ncc(F)cn4)nc(Cc4cn(C)cn4)c32)cc1. The fourth-order valence-corrected chi connectivity index (χ4v) is 5.20. The topological polar surface area (TPSA) is 120 Å². The summed E-state index contributed by atoms with van der Waals surface area (Å²) in [6, 6.07) is 7.88. The monoisotopic (exact) mass is 506 g/mol. The zero-order valence-electron chi connectivity index (χ0n) is 19.8. The number of nitrogens with one attached hydrogen (secondary N) is 1. The third-order valence-corrected chi connectivity index (χ3v) is 7.32. The van der Waals surface area contributed by atoms with E-state index < -0.39 is 21.9 Å². The predicted molar refractivity (Wildman–Crippen MR) is 131 cm³/mol. The van der Waals surface area contributed by atoms with Gasteiger partial charge < -0.3 is 9.88 Å². The molecule has 4 aromatic heterocycles. The Hall–Kier alpha value is -4.19. The van der Waals surface area contributed by atoms with Gasteiger partial charge in [-0.15, -0.1) is 0 Å². The van der Waals surface area contributed by atoms with Crippen LogP contribution in [-0.2, 0) is 23.5 Å². The van der Waals surface area contributed by atoms with Crippen molar-refractivity contribution in [2.75, 3.05) is 5.32 Å². The highest BCUT2D eigenvalue weighted by molar-refractivity contribution is 7.90. The summed E-state index contributed by atoms with van der Waals surface area (Å²) in [5.41, 5.74) is 2.98. The van der Waals surface area contributed by atoms with E-state index in [1.165, 1.54) is 10.2 Å². The van der Waals surface area contributed by atoms with Crippen LogP contribution >= 0.6 is 0 Å². The molecule has 10 nitrogen and oxygen atoms in total. The van der Waals surface area contributed by atoms with Crippen molar-refractivity contribution in [3.05, 3.63) is 90.0 Å². The molecule has 5 aromatic rings. The summed E-state index contributed by atoms with van der Waals surface area (Å²) in [5, 5.41) is 3.13. The standard InChI is InChI=1S/C24H23FN8O2S/c1-15-4-6-19(7-5-15)36(34,35)33-9-8-20-22(33)21(10-18-13-32(3)14-28-18)31-24(30-20)29-16(2)23-26-11-17(25)12-27-23/h4-9,11-14,16H,10H2,1-3H3,(H,29,30,31)/t16-/m0/s1. The number of aromatic nitrogens is 7. The smallest absolute Gasteiger partial charge is 0.268 e. The maximum Gasteiger partial charge on any atom is 0.268 e. The summed E-state index contributed by atoms with van der Waals surface area (Å²) in [6.07, 6.45) is 7.46. The third kappa shape index (κ3) is 4.54. The first-order valence-corrected chi connectivity index (χ1v) is 12.6. The molecular weight excluding hydrogens is 483 g/mol. The molecule has 0 aliphatic carbocycles. The van der Waals surface area contributed by atoms with E-state index in [1.54, 1.807) is 43.6 Å². The molecule has 0 spiro atoms. The van der Waals surface area contributed by atoms with Crippen molar-refractivity contribution in [3.63, 3.8) is 0 Å². The lowest BCUT2D eigenvalue weighted by molar-refractivity contribution is 0.589. The highest BCUT2D eigenvalue weighted by atomic mass is 32.2. The van der Waals surface area contributed by atoms with E-state index in [4.69, 9.17) is 0 Å². The number of halogens is 1. The molecule has 0 saturated heterocycles. The summed E-state index contributed by atoms with van der Waals surface area (Å²) in [5.74, 6) is 0.0997. The molecule has 0 saturated carbocycles. The molecule has 1 N–H and O–H groups in total. The van der Waals surface area contributed by atoms with Crippen LogP contribution in [0.3, 0.4) is 0 Å². The van der Waals surface area contributed by atoms with Crippen LogP contribution < -0.4 is 5.32 Å². The molecular formula is C24H23FN8O2S. The van der Waals surface area contributed by atoms with E-state index in [1.807, 2.05) is 24.7 Å². The van der Waals surface area contributed by atoms with E-state index in [0.717, 1.165) is 23.7 Å². The van der Waals surface area contributed by atoms with Crippen molar-refractivity contribution in [1.82, 2.24) is 33.5 Å². The van der Waals surface area contributed by atoms with E-state index in [9.17, 15) is 12.8 Å². The van der Waals surface area contributed by atoms with Crippen LogP contribution in [0.1, 0.15) is 35.7 Å². The van der Waals surface area contributed by atoms with Crippen molar-refractivity contribution >= 4 is 27.0 Å². The molecule has 5 rings (SSSR count). The first kappa shape index (κ1) is 23.5. The Morgan fingerprint density at radius 2 is 1.78 bits per heavy atom. The van der Waals surface area contributed by atoms with Crippen LogP contribution in [0, 0.1) is 12.7 Å². The van der Waals surface area contributed by atoms with Crippen LogP contribution in [0.15, 0.2) is 66.3 Å². The van der Waals surface area contributed by atoms with Gasteiger partial charge >= 0.3 is 0 Å². The molecule has 0 unspecified atom stereocenters. The number of hydrogen-bond donors (Lipinski definition) is 1. The Morgan fingerprint density at radius 1 is 1.06 bits per heavy atom. The number of benzene rings is 1. The summed E-state index contributed by atoms with van der Waals surface area (Å²) >= 11 is 0. The first-order valence-electron chi connectivity index (χ1n) is 11.1.